The van der Waals surface area contributed by atoms with E-state index in [4.69, 9.17) is 32.7 Å². The first-order valence-electron chi connectivity index (χ1n) is 8.77. The highest BCUT2D eigenvalue weighted by atomic mass is 35.5. The molecule has 1 heterocycles. The van der Waals surface area contributed by atoms with E-state index >= 15 is 0 Å². The molecule has 0 saturated carbocycles. The zero-order valence-corrected chi connectivity index (χ0v) is 16.6. The van der Waals surface area contributed by atoms with Gasteiger partial charge in [0.15, 0.2) is 11.5 Å². The molecule has 140 valence electrons. The van der Waals surface area contributed by atoms with Crippen LogP contribution in [0.4, 0.5) is 0 Å². The number of hydrogen-bond acceptors (Lipinski definition) is 4. The highest BCUT2D eigenvalue weighted by Crippen LogP contribution is 2.43. The standard InChI is InChI=1S/C20H24Cl2N2O2/c1-25-17-9-4-7-15(20(17)26-2)19(24-12-5-10-23-11-13-24)14-6-3-8-16(21)18(14)22/h3-4,6-9,19,23H,5,10-13H2,1-2H3. The third-order valence-electron chi connectivity index (χ3n) is 4.74. The van der Waals surface area contributed by atoms with Crippen LogP contribution in [-0.2, 0) is 0 Å². The topological polar surface area (TPSA) is 33.7 Å². The Balaban J connectivity index is 2.16. The quantitative estimate of drug-likeness (QED) is 0.814. The Morgan fingerprint density at radius 3 is 2.50 bits per heavy atom. The first-order valence-corrected chi connectivity index (χ1v) is 9.52. The summed E-state index contributed by atoms with van der Waals surface area (Å²) in [7, 11) is 3.32. The second-order valence-corrected chi connectivity index (χ2v) is 7.05. The highest BCUT2D eigenvalue weighted by molar-refractivity contribution is 6.42. The van der Waals surface area contributed by atoms with Crippen LogP contribution in [-0.4, -0.2) is 45.3 Å². The van der Waals surface area contributed by atoms with Crippen LogP contribution in [0.1, 0.15) is 23.6 Å². The molecule has 0 aromatic heterocycles. The molecule has 1 unspecified atom stereocenters. The molecule has 0 radical (unpaired) electrons. The molecule has 0 amide bonds. The van der Waals surface area contributed by atoms with E-state index in [1.807, 2.05) is 30.3 Å². The number of methoxy groups -OCH3 is 2. The molecule has 1 aliphatic rings. The highest BCUT2D eigenvalue weighted by Gasteiger charge is 2.29. The zero-order chi connectivity index (χ0) is 18.5. The molecule has 1 atom stereocenters. The number of rotatable bonds is 5. The van der Waals surface area contributed by atoms with Gasteiger partial charge in [-0.1, -0.05) is 47.5 Å². The van der Waals surface area contributed by atoms with Gasteiger partial charge in [0, 0.05) is 25.2 Å². The fraction of sp³-hybridized carbons (Fsp3) is 0.400. The summed E-state index contributed by atoms with van der Waals surface area (Å²) in [6.07, 6.45) is 1.07. The molecule has 4 nitrogen and oxygen atoms in total. The molecule has 2 aromatic rings. The third-order valence-corrected chi connectivity index (χ3v) is 5.58. The number of nitrogens with one attached hydrogen (secondary N) is 1. The van der Waals surface area contributed by atoms with Gasteiger partial charge in [-0.3, -0.25) is 4.90 Å². The molecule has 0 spiro atoms. The van der Waals surface area contributed by atoms with Gasteiger partial charge in [0.25, 0.3) is 0 Å². The normalized spacial score (nSPS) is 16.8. The second-order valence-electron chi connectivity index (χ2n) is 6.27. The number of benzene rings is 2. The summed E-state index contributed by atoms with van der Waals surface area (Å²) < 4.78 is 11.2. The average molecular weight is 395 g/mol. The van der Waals surface area contributed by atoms with Crippen LogP contribution in [0.3, 0.4) is 0 Å². The Labute approximate surface area is 165 Å². The van der Waals surface area contributed by atoms with Crippen molar-refractivity contribution in [1.82, 2.24) is 10.2 Å². The Kier molecular flexibility index (Phi) is 6.65. The summed E-state index contributed by atoms with van der Waals surface area (Å²) in [5, 5.41) is 4.60. The number of nitrogens with zero attached hydrogens (tertiary/aromatic N) is 1. The van der Waals surface area contributed by atoms with Crippen molar-refractivity contribution in [2.24, 2.45) is 0 Å². The lowest BCUT2D eigenvalue weighted by Gasteiger charge is -2.33. The van der Waals surface area contributed by atoms with Crippen molar-refractivity contribution in [3.63, 3.8) is 0 Å². The maximum Gasteiger partial charge on any atom is 0.165 e. The van der Waals surface area contributed by atoms with Gasteiger partial charge in [0.2, 0.25) is 0 Å². The third kappa shape index (κ3) is 3.94. The van der Waals surface area contributed by atoms with E-state index in [1.165, 1.54) is 0 Å². The van der Waals surface area contributed by atoms with Crippen LogP contribution in [0.2, 0.25) is 10.0 Å². The van der Waals surface area contributed by atoms with Gasteiger partial charge >= 0.3 is 0 Å². The predicted octanol–water partition coefficient (Wildman–Crippen LogP) is 4.40. The minimum absolute atomic E-state index is 0.0638. The summed E-state index contributed by atoms with van der Waals surface area (Å²) in [4.78, 5) is 2.43. The van der Waals surface area contributed by atoms with Gasteiger partial charge in [-0.05, 0) is 30.7 Å². The van der Waals surface area contributed by atoms with Gasteiger partial charge in [0.05, 0.1) is 30.3 Å². The molecule has 0 aliphatic carbocycles. The summed E-state index contributed by atoms with van der Waals surface area (Å²) in [5.41, 5.74) is 2.01. The molecule has 0 bridgehead atoms. The lowest BCUT2D eigenvalue weighted by atomic mass is 9.95. The van der Waals surface area contributed by atoms with Gasteiger partial charge < -0.3 is 14.8 Å². The van der Waals surface area contributed by atoms with E-state index in [1.54, 1.807) is 14.2 Å². The van der Waals surface area contributed by atoms with Crippen LogP contribution in [0, 0.1) is 0 Å². The Bertz CT molecular complexity index is 747. The van der Waals surface area contributed by atoms with Crippen molar-refractivity contribution < 1.29 is 9.47 Å². The summed E-state index contributed by atoms with van der Waals surface area (Å²) in [6.45, 7) is 3.82. The van der Waals surface area contributed by atoms with Gasteiger partial charge in [0.1, 0.15) is 0 Å². The van der Waals surface area contributed by atoms with Crippen LogP contribution >= 0.6 is 23.2 Å². The Morgan fingerprint density at radius 2 is 1.73 bits per heavy atom. The molecular formula is C20H24Cl2N2O2. The molecule has 1 saturated heterocycles. The van der Waals surface area contributed by atoms with Crippen LogP contribution < -0.4 is 14.8 Å². The number of hydrogen-bond donors (Lipinski definition) is 1. The Morgan fingerprint density at radius 1 is 0.962 bits per heavy atom. The number of para-hydroxylation sites is 1. The minimum atomic E-state index is -0.0638. The summed E-state index contributed by atoms with van der Waals surface area (Å²) in [5.74, 6) is 1.44. The molecule has 1 fully saturated rings. The Hall–Kier alpha value is -1.46. The molecule has 2 aromatic carbocycles. The maximum atomic E-state index is 6.62. The van der Waals surface area contributed by atoms with Crippen LogP contribution in [0.15, 0.2) is 36.4 Å². The van der Waals surface area contributed by atoms with E-state index in [9.17, 15) is 0 Å². The largest absolute Gasteiger partial charge is 0.493 e. The van der Waals surface area contributed by atoms with Crippen molar-refractivity contribution in [2.45, 2.75) is 12.5 Å². The predicted molar refractivity (Wildman–Crippen MR) is 107 cm³/mol. The maximum absolute atomic E-state index is 6.62. The average Bonchev–Trinajstić information content (AvgIpc) is 2.94. The molecule has 1 aliphatic heterocycles. The van der Waals surface area contributed by atoms with E-state index in [-0.39, 0.29) is 6.04 Å². The van der Waals surface area contributed by atoms with E-state index in [0.29, 0.717) is 15.8 Å². The van der Waals surface area contributed by atoms with E-state index in [2.05, 4.69) is 16.3 Å². The van der Waals surface area contributed by atoms with Crippen molar-refractivity contribution in [3.8, 4) is 11.5 Å². The van der Waals surface area contributed by atoms with E-state index < -0.39 is 0 Å². The first kappa shape index (κ1) is 19.3. The lowest BCUT2D eigenvalue weighted by Crippen LogP contribution is -2.33. The number of ether oxygens (including phenoxy) is 2. The number of halogens is 2. The van der Waals surface area contributed by atoms with Gasteiger partial charge in [-0.25, -0.2) is 0 Å². The summed E-state index contributed by atoms with van der Waals surface area (Å²) >= 11 is 13.0. The van der Waals surface area contributed by atoms with Crippen LogP contribution in [0.25, 0.3) is 0 Å². The van der Waals surface area contributed by atoms with Gasteiger partial charge in [-0.2, -0.15) is 0 Å². The van der Waals surface area contributed by atoms with Crippen molar-refractivity contribution >= 4 is 23.2 Å². The molecule has 1 N–H and O–H groups in total. The molecule has 26 heavy (non-hydrogen) atoms. The molecule has 6 heteroatoms. The molecule has 3 rings (SSSR count). The fourth-order valence-corrected chi connectivity index (χ4v) is 3.96. The SMILES string of the molecule is COc1cccc(C(c2cccc(Cl)c2Cl)N2CCCNCC2)c1OC. The summed E-state index contributed by atoms with van der Waals surface area (Å²) in [6, 6.07) is 11.7. The smallest absolute Gasteiger partial charge is 0.165 e. The first-order chi connectivity index (χ1) is 12.7. The fourth-order valence-electron chi connectivity index (χ4n) is 3.54. The van der Waals surface area contributed by atoms with Crippen LogP contribution in [0.5, 0.6) is 11.5 Å². The van der Waals surface area contributed by atoms with Crippen molar-refractivity contribution in [2.75, 3.05) is 40.4 Å². The van der Waals surface area contributed by atoms with Crippen molar-refractivity contribution in [3.05, 3.63) is 57.6 Å². The minimum Gasteiger partial charge on any atom is -0.493 e. The van der Waals surface area contributed by atoms with Crippen molar-refractivity contribution in [1.29, 1.82) is 0 Å². The zero-order valence-electron chi connectivity index (χ0n) is 15.1. The second kappa shape index (κ2) is 8.96. The monoisotopic (exact) mass is 394 g/mol. The lowest BCUT2D eigenvalue weighted by molar-refractivity contribution is 0.234. The van der Waals surface area contributed by atoms with E-state index in [0.717, 1.165) is 49.5 Å². The van der Waals surface area contributed by atoms with Gasteiger partial charge in [-0.15, -0.1) is 0 Å². The molecular weight excluding hydrogens is 371 g/mol.